The summed E-state index contributed by atoms with van der Waals surface area (Å²) in [6.07, 6.45) is 1.22. The fourth-order valence-electron chi connectivity index (χ4n) is 3.21. The second kappa shape index (κ2) is 6.92. The highest BCUT2D eigenvalue weighted by molar-refractivity contribution is 9.10. The Balaban J connectivity index is 2.07. The molecule has 0 aromatic heterocycles. The second-order valence-electron chi connectivity index (χ2n) is 5.54. The van der Waals surface area contributed by atoms with Crippen LogP contribution < -0.4 is 0 Å². The van der Waals surface area contributed by atoms with Gasteiger partial charge in [0.25, 0.3) is 0 Å². The number of hydrogen-bond acceptors (Lipinski definition) is 3. The van der Waals surface area contributed by atoms with Crippen molar-refractivity contribution in [2.24, 2.45) is 0 Å². The molecule has 2 unspecified atom stereocenters. The van der Waals surface area contributed by atoms with E-state index in [9.17, 15) is 5.11 Å². The van der Waals surface area contributed by atoms with E-state index < -0.39 is 0 Å². The number of phenolic OH excluding ortho intramolecular Hbond substituents is 1. The van der Waals surface area contributed by atoms with Crippen molar-refractivity contribution >= 4 is 15.9 Å². The number of halogens is 1. The zero-order chi connectivity index (χ0) is 14.7. The minimum Gasteiger partial charge on any atom is -0.508 e. The number of phenols is 1. The van der Waals surface area contributed by atoms with Crippen molar-refractivity contribution in [1.29, 1.82) is 0 Å². The minimum atomic E-state index is 0.257. The molecular formula is C16H25BrN2O. The van der Waals surface area contributed by atoms with E-state index in [1.165, 1.54) is 6.42 Å². The predicted molar refractivity (Wildman–Crippen MR) is 87.1 cm³/mol. The van der Waals surface area contributed by atoms with Gasteiger partial charge in [0, 0.05) is 35.2 Å². The normalized spacial score (nSPS) is 21.6. The molecule has 1 saturated heterocycles. The van der Waals surface area contributed by atoms with E-state index >= 15 is 0 Å². The molecule has 1 aromatic rings. The Morgan fingerprint density at radius 2 is 2.10 bits per heavy atom. The summed E-state index contributed by atoms with van der Waals surface area (Å²) in [6.45, 7) is 11.1. The lowest BCUT2D eigenvalue weighted by atomic mass is 10.1. The minimum absolute atomic E-state index is 0.257. The summed E-state index contributed by atoms with van der Waals surface area (Å²) in [7, 11) is 0. The van der Waals surface area contributed by atoms with Gasteiger partial charge in [-0.3, -0.25) is 9.80 Å². The molecule has 0 amide bonds. The molecule has 20 heavy (non-hydrogen) atoms. The molecule has 0 bridgehead atoms. The maximum Gasteiger partial charge on any atom is 0.120 e. The molecule has 1 fully saturated rings. The average molecular weight is 341 g/mol. The summed E-state index contributed by atoms with van der Waals surface area (Å²) in [5, 5.41) is 10.1. The molecule has 2 rings (SSSR count). The van der Waals surface area contributed by atoms with Crippen LogP contribution in [0.15, 0.2) is 22.7 Å². The molecule has 1 aliphatic rings. The number of aromatic hydroxyl groups is 1. The molecular weight excluding hydrogens is 316 g/mol. The molecule has 1 aromatic carbocycles. The molecule has 2 atom stereocenters. The van der Waals surface area contributed by atoms with Gasteiger partial charge in [-0.15, -0.1) is 0 Å². The standard InChI is InChI=1S/C16H25BrN2O/c1-4-18(5-2)14-8-9-19(11-14)12(3)15-10-13(17)6-7-16(15)20/h6-7,10,12,14,20H,4-5,8-9,11H2,1-3H3. The lowest BCUT2D eigenvalue weighted by molar-refractivity contribution is 0.192. The molecule has 3 nitrogen and oxygen atoms in total. The van der Waals surface area contributed by atoms with Crippen LogP contribution in [0.3, 0.4) is 0 Å². The Morgan fingerprint density at radius 1 is 1.40 bits per heavy atom. The Labute approximate surface area is 130 Å². The Bertz CT molecular complexity index is 448. The fraction of sp³-hybridized carbons (Fsp3) is 0.625. The molecule has 1 heterocycles. The number of benzene rings is 1. The van der Waals surface area contributed by atoms with Gasteiger partial charge in [-0.25, -0.2) is 0 Å². The van der Waals surface area contributed by atoms with Gasteiger partial charge in [0.2, 0.25) is 0 Å². The van der Waals surface area contributed by atoms with Gasteiger partial charge in [0.15, 0.2) is 0 Å². The zero-order valence-corrected chi connectivity index (χ0v) is 14.2. The van der Waals surface area contributed by atoms with Crippen LogP contribution >= 0.6 is 15.9 Å². The lowest BCUT2D eigenvalue weighted by Gasteiger charge is -2.29. The van der Waals surface area contributed by atoms with Crippen LogP contribution in [0.2, 0.25) is 0 Å². The van der Waals surface area contributed by atoms with Crippen LogP contribution in [0, 0.1) is 0 Å². The third-order valence-electron chi connectivity index (χ3n) is 4.51. The Morgan fingerprint density at radius 3 is 2.75 bits per heavy atom. The first kappa shape index (κ1) is 15.8. The Kier molecular flexibility index (Phi) is 5.47. The van der Waals surface area contributed by atoms with Gasteiger partial charge >= 0.3 is 0 Å². The van der Waals surface area contributed by atoms with E-state index in [4.69, 9.17) is 0 Å². The molecule has 112 valence electrons. The molecule has 0 radical (unpaired) electrons. The first-order valence-corrected chi connectivity index (χ1v) is 8.32. The topological polar surface area (TPSA) is 26.7 Å². The van der Waals surface area contributed by atoms with Crippen LogP contribution in [0.1, 0.15) is 38.8 Å². The van der Waals surface area contributed by atoms with Gasteiger partial charge in [-0.2, -0.15) is 0 Å². The van der Waals surface area contributed by atoms with Crippen molar-refractivity contribution in [3.8, 4) is 5.75 Å². The van der Waals surface area contributed by atoms with Gasteiger partial charge in [0.05, 0.1) is 0 Å². The van der Waals surface area contributed by atoms with Crippen molar-refractivity contribution < 1.29 is 5.11 Å². The van der Waals surface area contributed by atoms with Gasteiger partial charge < -0.3 is 5.11 Å². The van der Waals surface area contributed by atoms with Crippen molar-refractivity contribution in [1.82, 2.24) is 9.80 Å². The van der Waals surface area contributed by atoms with Crippen molar-refractivity contribution in [3.63, 3.8) is 0 Å². The highest BCUT2D eigenvalue weighted by atomic mass is 79.9. The van der Waals surface area contributed by atoms with E-state index in [1.54, 1.807) is 6.07 Å². The summed E-state index contributed by atoms with van der Waals surface area (Å²) in [4.78, 5) is 5.01. The summed E-state index contributed by atoms with van der Waals surface area (Å²) >= 11 is 3.49. The highest BCUT2D eigenvalue weighted by Gasteiger charge is 2.30. The van der Waals surface area contributed by atoms with Crippen LogP contribution in [-0.4, -0.2) is 47.1 Å². The molecule has 0 saturated carbocycles. The lowest BCUT2D eigenvalue weighted by Crippen LogP contribution is -2.37. The van der Waals surface area contributed by atoms with E-state index in [1.807, 2.05) is 12.1 Å². The fourth-order valence-corrected chi connectivity index (χ4v) is 3.59. The maximum atomic E-state index is 10.1. The van der Waals surface area contributed by atoms with Crippen molar-refractivity contribution in [2.75, 3.05) is 26.2 Å². The van der Waals surface area contributed by atoms with Crippen LogP contribution in [-0.2, 0) is 0 Å². The van der Waals surface area contributed by atoms with Gasteiger partial charge in [-0.05, 0) is 44.6 Å². The summed E-state index contributed by atoms with van der Waals surface area (Å²) in [5.74, 6) is 0.395. The molecule has 0 spiro atoms. The quantitative estimate of drug-likeness (QED) is 0.886. The van der Waals surface area contributed by atoms with Crippen LogP contribution in [0.4, 0.5) is 0 Å². The number of rotatable bonds is 5. The smallest absolute Gasteiger partial charge is 0.120 e. The first-order valence-electron chi connectivity index (χ1n) is 7.53. The monoisotopic (exact) mass is 340 g/mol. The van der Waals surface area contributed by atoms with E-state index in [2.05, 4.69) is 46.5 Å². The Hall–Kier alpha value is -0.580. The number of likely N-dealkylation sites (N-methyl/N-ethyl adjacent to an activating group) is 1. The van der Waals surface area contributed by atoms with E-state index in [0.29, 0.717) is 11.8 Å². The van der Waals surface area contributed by atoms with E-state index in [0.717, 1.165) is 36.2 Å². The molecule has 1 N–H and O–H groups in total. The zero-order valence-electron chi connectivity index (χ0n) is 12.6. The first-order chi connectivity index (χ1) is 9.56. The maximum absolute atomic E-state index is 10.1. The predicted octanol–water partition coefficient (Wildman–Crippen LogP) is 3.63. The summed E-state index contributed by atoms with van der Waals surface area (Å²) < 4.78 is 1.02. The largest absolute Gasteiger partial charge is 0.508 e. The third kappa shape index (κ3) is 3.35. The van der Waals surface area contributed by atoms with Crippen molar-refractivity contribution in [2.45, 2.75) is 39.3 Å². The second-order valence-corrected chi connectivity index (χ2v) is 6.45. The number of hydrogen-bond donors (Lipinski definition) is 1. The van der Waals surface area contributed by atoms with Gasteiger partial charge in [0.1, 0.15) is 5.75 Å². The van der Waals surface area contributed by atoms with Gasteiger partial charge in [-0.1, -0.05) is 29.8 Å². The molecule has 4 heteroatoms. The van der Waals surface area contributed by atoms with E-state index in [-0.39, 0.29) is 6.04 Å². The molecule has 0 aliphatic carbocycles. The highest BCUT2D eigenvalue weighted by Crippen LogP contribution is 2.33. The van der Waals surface area contributed by atoms with Crippen LogP contribution in [0.5, 0.6) is 5.75 Å². The summed E-state index contributed by atoms with van der Waals surface area (Å²) in [6, 6.07) is 6.60. The molecule has 1 aliphatic heterocycles. The average Bonchev–Trinajstić information content (AvgIpc) is 2.92. The SMILES string of the molecule is CCN(CC)C1CCN(C(C)c2cc(Br)ccc2O)C1. The summed E-state index contributed by atoms with van der Waals surface area (Å²) in [5.41, 5.74) is 1.01. The van der Waals surface area contributed by atoms with Crippen molar-refractivity contribution in [3.05, 3.63) is 28.2 Å². The van der Waals surface area contributed by atoms with Crippen LogP contribution in [0.25, 0.3) is 0 Å². The third-order valence-corrected chi connectivity index (χ3v) is 5.00. The number of likely N-dealkylation sites (tertiary alicyclic amines) is 1. The number of nitrogens with zero attached hydrogens (tertiary/aromatic N) is 2.